The van der Waals surface area contributed by atoms with Crippen LogP contribution in [0.1, 0.15) is 15.9 Å². The molecule has 0 fully saturated rings. The van der Waals surface area contributed by atoms with E-state index in [1.165, 1.54) is 0 Å². The molecule has 4 nitrogen and oxygen atoms in total. The van der Waals surface area contributed by atoms with Crippen molar-refractivity contribution in [1.29, 1.82) is 0 Å². The zero-order valence-corrected chi connectivity index (χ0v) is 20.3. The van der Waals surface area contributed by atoms with Crippen LogP contribution < -0.4 is 10.5 Å². The largest absolute Gasteiger partial charge is 0.495 e. The number of aromatic nitrogens is 1. The first-order valence-corrected chi connectivity index (χ1v) is 11.5. The Morgan fingerprint density at radius 2 is 1.82 bits per heavy atom. The molecule has 0 atom stereocenters. The number of amides is 1. The Morgan fingerprint density at radius 3 is 2.53 bits per heavy atom. The van der Waals surface area contributed by atoms with Gasteiger partial charge in [0.15, 0.2) is 0 Å². The zero-order valence-electron chi connectivity index (χ0n) is 18.0. The molecule has 169 valence electrons. The van der Waals surface area contributed by atoms with Gasteiger partial charge in [0.25, 0.3) is 0 Å². The van der Waals surface area contributed by atoms with Gasteiger partial charge in [0.1, 0.15) is 5.75 Å². The first-order valence-electron chi connectivity index (χ1n) is 10.4. The lowest BCUT2D eigenvalue weighted by molar-refractivity contribution is 0.100. The number of fused-ring (bicyclic) bond motifs is 3. The van der Waals surface area contributed by atoms with Crippen LogP contribution in [-0.4, -0.2) is 17.6 Å². The summed E-state index contributed by atoms with van der Waals surface area (Å²) in [5.41, 5.74) is 10.6. The smallest absolute Gasteiger partial charge is 0.249 e. The molecule has 0 spiro atoms. The average Bonchev–Trinajstić information content (AvgIpc) is 3.12. The number of halogens is 3. The van der Waals surface area contributed by atoms with Crippen molar-refractivity contribution in [2.24, 2.45) is 5.73 Å². The third kappa shape index (κ3) is 3.88. The van der Waals surface area contributed by atoms with E-state index in [4.69, 9.17) is 45.3 Å². The molecule has 5 rings (SSSR count). The Balaban J connectivity index is 1.77. The van der Waals surface area contributed by atoms with Gasteiger partial charge in [-0.2, -0.15) is 0 Å². The fourth-order valence-corrected chi connectivity index (χ4v) is 5.10. The van der Waals surface area contributed by atoms with E-state index in [0.29, 0.717) is 32.9 Å². The van der Waals surface area contributed by atoms with Crippen LogP contribution in [0.4, 0.5) is 0 Å². The van der Waals surface area contributed by atoms with E-state index >= 15 is 0 Å². The summed E-state index contributed by atoms with van der Waals surface area (Å²) in [6.45, 7) is 0.511. The molecule has 4 aromatic carbocycles. The van der Waals surface area contributed by atoms with Crippen molar-refractivity contribution in [2.75, 3.05) is 7.11 Å². The number of nitrogens with zero attached hydrogens (tertiary/aromatic N) is 1. The summed E-state index contributed by atoms with van der Waals surface area (Å²) in [5.74, 6) is 0.118. The predicted octanol–water partition coefficient (Wildman–Crippen LogP) is 7.38. The second-order valence-corrected chi connectivity index (χ2v) is 9.14. The summed E-state index contributed by atoms with van der Waals surface area (Å²) < 4.78 is 7.41. The summed E-state index contributed by atoms with van der Waals surface area (Å²) >= 11 is 19.0. The van der Waals surface area contributed by atoms with Crippen LogP contribution in [-0.2, 0) is 6.54 Å². The topological polar surface area (TPSA) is 57.2 Å². The number of nitrogens with two attached hydrogens (primary N) is 1. The van der Waals surface area contributed by atoms with Crippen LogP contribution in [0.2, 0.25) is 15.1 Å². The normalized spacial score (nSPS) is 11.3. The van der Waals surface area contributed by atoms with Gasteiger partial charge in [0, 0.05) is 38.5 Å². The molecule has 0 unspecified atom stereocenters. The number of hydrogen-bond donors (Lipinski definition) is 1. The van der Waals surface area contributed by atoms with Gasteiger partial charge < -0.3 is 15.0 Å². The van der Waals surface area contributed by atoms with Crippen LogP contribution in [0.25, 0.3) is 32.9 Å². The SMILES string of the molecule is COc1ccc(Cn2c3cc(-c4ccc(Cl)cc4Cl)c[c]c3c3c(C(N)=O)cccc32)cc1Cl. The molecule has 1 heterocycles. The molecule has 0 saturated heterocycles. The maximum atomic E-state index is 12.2. The van der Waals surface area contributed by atoms with Crippen LogP contribution in [0.3, 0.4) is 0 Å². The van der Waals surface area contributed by atoms with Crippen molar-refractivity contribution in [3.8, 4) is 16.9 Å². The van der Waals surface area contributed by atoms with Gasteiger partial charge in [-0.25, -0.2) is 0 Å². The fourth-order valence-electron chi connectivity index (χ4n) is 4.30. The summed E-state index contributed by atoms with van der Waals surface area (Å²) in [6, 6.07) is 23.9. The van der Waals surface area contributed by atoms with Crippen molar-refractivity contribution in [2.45, 2.75) is 6.54 Å². The molecular weight excluding hydrogens is 491 g/mol. The van der Waals surface area contributed by atoms with Gasteiger partial charge in [-0.15, -0.1) is 0 Å². The molecule has 1 amide bonds. The molecule has 2 N–H and O–H groups in total. The summed E-state index contributed by atoms with van der Waals surface area (Å²) in [5, 5.41) is 3.20. The highest BCUT2D eigenvalue weighted by Gasteiger charge is 2.18. The Hall–Kier alpha value is -3.18. The minimum Gasteiger partial charge on any atom is -0.495 e. The maximum Gasteiger partial charge on any atom is 0.249 e. The number of primary amides is 1. The highest BCUT2D eigenvalue weighted by Crippen LogP contribution is 2.37. The number of rotatable bonds is 5. The number of carbonyl (C=O) groups excluding carboxylic acids is 1. The number of ether oxygens (including phenoxy) is 1. The summed E-state index contributed by atoms with van der Waals surface area (Å²) in [4.78, 5) is 12.2. The Labute approximate surface area is 211 Å². The van der Waals surface area contributed by atoms with Crippen LogP contribution in [0.15, 0.2) is 66.7 Å². The summed E-state index contributed by atoms with van der Waals surface area (Å²) in [6.07, 6.45) is 0. The first kappa shape index (κ1) is 22.6. The third-order valence-corrected chi connectivity index (χ3v) is 6.70. The number of hydrogen-bond acceptors (Lipinski definition) is 2. The summed E-state index contributed by atoms with van der Waals surface area (Å²) in [7, 11) is 1.58. The van der Waals surface area contributed by atoms with E-state index in [0.717, 1.165) is 38.5 Å². The monoisotopic (exact) mass is 507 g/mol. The molecule has 0 saturated carbocycles. The lowest BCUT2D eigenvalue weighted by atomic mass is 10.0. The minimum absolute atomic E-state index is 0.447. The van der Waals surface area contributed by atoms with E-state index in [2.05, 4.69) is 10.6 Å². The molecule has 1 aromatic heterocycles. The van der Waals surface area contributed by atoms with Gasteiger partial charge >= 0.3 is 0 Å². The van der Waals surface area contributed by atoms with Gasteiger partial charge in [0.05, 0.1) is 23.2 Å². The van der Waals surface area contributed by atoms with Crippen LogP contribution in [0, 0.1) is 6.07 Å². The van der Waals surface area contributed by atoms with E-state index < -0.39 is 5.91 Å². The Bertz CT molecular complexity index is 1590. The molecule has 0 bridgehead atoms. The molecule has 1 radical (unpaired) electrons. The zero-order chi connectivity index (χ0) is 24.0. The molecule has 5 aromatic rings. The molecule has 0 aliphatic heterocycles. The van der Waals surface area contributed by atoms with Crippen molar-refractivity contribution in [3.05, 3.63) is 99.0 Å². The van der Waals surface area contributed by atoms with Gasteiger partial charge in [0.2, 0.25) is 5.91 Å². The van der Waals surface area contributed by atoms with Crippen molar-refractivity contribution in [1.82, 2.24) is 4.57 Å². The Kier molecular flexibility index (Phi) is 5.90. The molecule has 0 aliphatic rings. The second kappa shape index (κ2) is 8.88. The van der Waals surface area contributed by atoms with Crippen molar-refractivity contribution in [3.63, 3.8) is 0 Å². The number of benzene rings is 4. The van der Waals surface area contributed by atoms with E-state index in [1.54, 1.807) is 25.3 Å². The Morgan fingerprint density at radius 1 is 1.00 bits per heavy atom. The van der Waals surface area contributed by atoms with Crippen LogP contribution >= 0.6 is 34.8 Å². The lowest BCUT2D eigenvalue weighted by Crippen LogP contribution is -2.11. The maximum absolute atomic E-state index is 12.2. The average molecular weight is 509 g/mol. The van der Waals surface area contributed by atoms with Gasteiger partial charge in [-0.3, -0.25) is 4.79 Å². The minimum atomic E-state index is -0.490. The highest BCUT2D eigenvalue weighted by atomic mass is 35.5. The van der Waals surface area contributed by atoms with Crippen molar-refractivity contribution >= 4 is 62.5 Å². The first-order chi connectivity index (χ1) is 16.4. The van der Waals surface area contributed by atoms with E-state index in [-0.39, 0.29) is 0 Å². The van der Waals surface area contributed by atoms with E-state index in [9.17, 15) is 4.79 Å². The molecule has 34 heavy (non-hydrogen) atoms. The third-order valence-electron chi connectivity index (χ3n) is 5.86. The number of methoxy groups -OCH3 is 1. The van der Waals surface area contributed by atoms with Crippen LogP contribution in [0.5, 0.6) is 5.75 Å². The fraction of sp³-hybridized carbons (Fsp3) is 0.0741. The predicted molar refractivity (Wildman–Crippen MR) is 139 cm³/mol. The molecule has 7 heteroatoms. The second-order valence-electron chi connectivity index (χ2n) is 7.89. The van der Waals surface area contributed by atoms with Gasteiger partial charge in [-0.1, -0.05) is 53.0 Å². The van der Waals surface area contributed by atoms with Gasteiger partial charge in [-0.05, 0) is 65.7 Å². The standard InChI is InChI=1S/C27H18Cl3N2O2/c1-34-25-10-5-15(11-22(25)30)14-32-23-4-2-3-20(27(31)33)26(23)19-8-6-16(12-24(19)32)18-9-7-17(28)13-21(18)29/h2-7,9-13H,14H2,1H3,(H2,31,33). The lowest BCUT2D eigenvalue weighted by Gasteiger charge is -2.11. The molecule has 0 aliphatic carbocycles. The van der Waals surface area contributed by atoms with E-state index in [1.807, 2.05) is 48.5 Å². The van der Waals surface area contributed by atoms with Crippen molar-refractivity contribution < 1.29 is 9.53 Å². The quantitative estimate of drug-likeness (QED) is 0.269. The molecular formula is C27H18Cl3N2O2. The number of carbonyl (C=O) groups is 1. The highest BCUT2D eigenvalue weighted by molar-refractivity contribution is 6.36.